The number of urea groups is 1. The molecule has 1 aliphatic rings. The molecule has 1 fully saturated rings. The summed E-state index contributed by atoms with van der Waals surface area (Å²) in [4.78, 5) is 24.1. The molecule has 1 saturated heterocycles. The van der Waals surface area contributed by atoms with Crippen LogP contribution in [-0.2, 0) is 14.3 Å². The van der Waals surface area contributed by atoms with Crippen LogP contribution in [0.2, 0.25) is 0 Å². The zero-order chi connectivity index (χ0) is 14.8. The number of likely N-dealkylation sites (tertiary alicyclic amines) is 1. The van der Waals surface area contributed by atoms with E-state index in [4.69, 9.17) is 14.6 Å². The summed E-state index contributed by atoms with van der Waals surface area (Å²) < 4.78 is 10.1. The van der Waals surface area contributed by atoms with Gasteiger partial charge in [-0.15, -0.1) is 0 Å². The van der Waals surface area contributed by atoms with Gasteiger partial charge in [0.25, 0.3) is 0 Å². The lowest BCUT2D eigenvalue weighted by Gasteiger charge is -2.17. The number of carbonyl (C=O) groups excluding carboxylic acids is 1. The lowest BCUT2D eigenvalue weighted by atomic mass is 10.0. The second-order valence-corrected chi connectivity index (χ2v) is 4.87. The molecule has 0 radical (unpaired) electrons. The number of hydrogen-bond donors (Lipinski definition) is 2. The minimum absolute atomic E-state index is 0.0989. The van der Waals surface area contributed by atoms with Gasteiger partial charge in [-0.05, 0) is 18.8 Å². The van der Waals surface area contributed by atoms with Gasteiger partial charge in [0.1, 0.15) is 0 Å². The molecule has 1 aliphatic heterocycles. The van der Waals surface area contributed by atoms with Crippen molar-refractivity contribution in [2.24, 2.45) is 5.92 Å². The standard InChI is InChI=1S/C13H24N2O5/c1-19-8-9-20-7-5-14-13(18)15-6-4-11(10-15)2-3-12(16)17/h11H,2-10H2,1H3,(H,14,18)(H,16,17). The average molecular weight is 288 g/mol. The number of ether oxygens (including phenoxy) is 2. The summed E-state index contributed by atoms with van der Waals surface area (Å²) in [5.74, 6) is -0.476. The van der Waals surface area contributed by atoms with Crippen LogP contribution in [0.1, 0.15) is 19.3 Å². The zero-order valence-corrected chi connectivity index (χ0v) is 12.0. The average Bonchev–Trinajstić information content (AvgIpc) is 2.89. The molecule has 2 amide bonds. The molecule has 0 spiro atoms. The van der Waals surface area contributed by atoms with Crippen molar-refractivity contribution >= 4 is 12.0 Å². The van der Waals surface area contributed by atoms with Crippen molar-refractivity contribution in [3.8, 4) is 0 Å². The highest BCUT2D eigenvalue weighted by Crippen LogP contribution is 2.20. The number of carboxylic acids is 1. The Bertz CT molecular complexity index is 311. The molecule has 7 nitrogen and oxygen atoms in total. The summed E-state index contributed by atoms with van der Waals surface area (Å²) in [5.41, 5.74) is 0. The highest BCUT2D eigenvalue weighted by atomic mass is 16.5. The molecule has 0 bridgehead atoms. The lowest BCUT2D eigenvalue weighted by Crippen LogP contribution is -2.40. The number of rotatable bonds is 9. The van der Waals surface area contributed by atoms with Crippen molar-refractivity contribution in [1.82, 2.24) is 10.2 Å². The summed E-state index contributed by atoms with van der Waals surface area (Å²) in [6.45, 7) is 3.34. The number of hydrogen-bond acceptors (Lipinski definition) is 4. The molecule has 1 unspecified atom stereocenters. The molecule has 20 heavy (non-hydrogen) atoms. The quantitative estimate of drug-likeness (QED) is 0.605. The molecule has 0 aliphatic carbocycles. The zero-order valence-electron chi connectivity index (χ0n) is 12.0. The van der Waals surface area contributed by atoms with Crippen LogP contribution in [0.25, 0.3) is 0 Å². The van der Waals surface area contributed by atoms with E-state index >= 15 is 0 Å². The largest absolute Gasteiger partial charge is 0.481 e. The van der Waals surface area contributed by atoms with Crippen LogP contribution in [0, 0.1) is 5.92 Å². The van der Waals surface area contributed by atoms with Gasteiger partial charge in [-0.2, -0.15) is 0 Å². The Hall–Kier alpha value is -1.34. The topological polar surface area (TPSA) is 88.1 Å². The molecule has 1 atom stereocenters. The second-order valence-electron chi connectivity index (χ2n) is 4.87. The third-order valence-corrected chi connectivity index (χ3v) is 3.29. The van der Waals surface area contributed by atoms with E-state index in [2.05, 4.69) is 5.32 Å². The van der Waals surface area contributed by atoms with E-state index in [1.54, 1.807) is 12.0 Å². The maximum absolute atomic E-state index is 11.8. The summed E-state index contributed by atoms with van der Waals surface area (Å²) in [5, 5.41) is 11.4. The van der Waals surface area contributed by atoms with E-state index in [1.165, 1.54) is 0 Å². The number of aliphatic carboxylic acids is 1. The van der Waals surface area contributed by atoms with Crippen LogP contribution in [-0.4, -0.2) is 68.6 Å². The van der Waals surface area contributed by atoms with Gasteiger partial charge in [-0.25, -0.2) is 4.79 Å². The van der Waals surface area contributed by atoms with Crippen LogP contribution in [0.4, 0.5) is 4.79 Å². The molecular weight excluding hydrogens is 264 g/mol. The number of carbonyl (C=O) groups is 2. The van der Waals surface area contributed by atoms with Gasteiger partial charge in [-0.3, -0.25) is 4.79 Å². The maximum Gasteiger partial charge on any atom is 0.317 e. The first-order chi connectivity index (χ1) is 9.63. The van der Waals surface area contributed by atoms with Crippen LogP contribution in [0.5, 0.6) is 0 Å². The van der Waals surface area contributed by atoms with Crippen molar-refractivity contribution in [1.29, 1.82) is 0 Å². The summed E-state index contributed by atoms with van der Waals surface area (Å²) in [6, 6.07) is -0.0989. The summed E-state index contributed by atoms with van der Waals surface area (Å²) in [6.07, 6.45) is 1.69. The van der Waals surface area contributed by atoms with Crippen molar-refractivity contribution in [3.63, 3.8) is 0 Å². The van der Waals surface area contributed by atoms with Crippen LogP contribution < -0.4 is 5.32 Å². The molecule has 0 saturated carbocycles. The third kappa shape index (κ3) is 6.72. The summed E-state index contributed by atoms with van der Waals surface area (Å²) >= 11 is 0. The van der Waals surface area contributed by atoms with Gasteiger partial charge in [0.05, 0.1) is 19.8 Å². The van der Waals surface area contributed by atoms with Crippen LogP contribution in [0.3, 0.4) is 0 Å². The van der Waals surface area contributed by atoms with E-state index < -0.39 is 5.97 Å². The van der Waals surface area contributed by atoms with E-state index in [1.807, 2.05) is 0 Å². The predicted molar refractivity (Wildman–Crippen MR) is 72.6 cm³/mol. The Kier molecular flexibility index (Phi) is 7.98. The predicted octanol–water partition coefficient (Wildman–Crippen LogP) is 0.546. The minimum Gasteiger partial charge on any atom is -0.481 e. The normalized spacial score (nSPS) is 18.2. The van der Waals surface area contributed by atoms with Gasteiger partial charge in [-0.1, -0.05) is 0 Å². The molecule has 1 heterocycles. The maximum atomic E-state index is 11.8. The fraction of sp³-hybridized carbons (Fsp3) is 0.846. The molecular formula is C13H24N2O5. The highest BCUT2D eigenvalue weighted by Gasteiger charge is 2.26. The first kappa shape index (κ1) is 16.7. The van der Waals surface area contributed by atoms with E-state index in [0.717, 1.165) is 6.42 Å². The monoisotopic (exact) mass is 288 g/mol. The second kappa shape index (κ2) is 9.55. The SMILES string of the molecule is COCCOCCNC(=O)N1CCC(CCC(=O)O)C1. The van der Waals surface area contributed by atoms with Gasteiger partial charge in [0.15, 0.2) is 0 Å². The van der Waals surface area contributed by atoms with Gasteiger partial charge < -0.3 is 24.8 Å². The van der Waals surface area contributed by atoms with Crippen molar-refractivity contribution in [2.45, 2.75) is 19.3 Å². The highest BCUT2D eigenvalue weighted by molar-refractivity contribution is 5.74. The molecule has 0 aromatic carbocycles. The van der Waals surface area contributed by atoms with Crippen LogP contribution >= 0.6 is 0 Å². The van der Waals surface area contributed by atoms with Gasteiger partial charge >= 0.3 is 12.0 Å². The number of nitrogens with zero attached hydrogens (tertiary/aromatic N) is 1. The van der Waals surface area contributed by atoms with Crippen molar-refractivity contribution in [2.75, 3.05) is 46.6 Å². The molecule has 0 aromatic heterocycles. The Labute approximate surface area is 119 Å². The van der Waals surface area contributed by atoms with E-state index in [9.17, 15) is 9.59 Å². The number of carboxylic acid groups (broad SMARTS) is 1. The molecule has 7 heteroatoms. The van der Waals surface area contributed by atoms with Gasteiger partial charge in [0, 0.05) is 33.2 Å². The molecule has 0 aromatic rings. The van der Waals surface area contributed by atoms with E-state index in [-0.39, 0.29) is 12.5 Å². The Balaban J connectivity index is 2.07. The lowest BCUT2D eigenvalue weighted by molar-refractivity contribution is -0.137. The van der Waals surface area contributed by atoms with E-state index in [0.29, 0.717) is 51.8 Å². The molecule has 116 valence electrons. The fourth-order valence-corrected chi connectivity index (χ4v) is 2.17. The first-order valence-corrected chi connectivity index (χ1v) is 6.94. The number of methoxy groups -OCH3 is 1. The third-order valence-electron chi connectivity index (χ3n) is 3.29. The Morgan fingerprint density at radius 2 is 2.15 bits per heavy atom. The van der Waals surface area contributed by atoms with Gasteiger partial charge in [0.2, 0.25) is 0 Å². The number of amides is 2. The first-order valence-electron chi connectivity index (χ1n) is 6.94. The Morgan fingerprint density at radius 1 is 1.35 bits per heavy atom. The smallest absolute Gasteiger partial charge is 0.317 e. The van der Waals surface area contributed by atoms with Crippen molar-refractivity contribution < 1.29 is 24.2 Å². The fourth-order valence-electron chi connectivity index (χ4n) is 2.17. The Morgan fingerprint density at radius 3 is 2.85 bits per heavy atom. The van der Waals surface area contributed by atoms with Crippen LogP contribution in [0.15, 0.2) is 0 Å². The minimum atomic E-state index is -0.777. The number of nitrogens with one attached hydrogen (secondary N) is 1. The molecule has 1 rings (SSSR count). The summed E-state index contributed by atoms with van der Waals surface area (Å²) in [7, 11) is 1.61. The molecule has 2 N–H and O–H groups in total. The van der Waals surface area contributed by atoms with Crippen molar-refractivity contribution in [3.05, 3.63) is 0 Å².